The van der Waals surface area contributed by atoms with E-state index >= 15 is 0 Å². The molecule has 0 bridgehead atoms. The molecule has 0 atom stereocenters. The van der Waals surface area contributed by atoms with Crippen molar-refractivity contribution in [3.63, 3.8) is 0 Å². The second-order valence-corrected chi connectivity index (χ2v) is 4.38. The summed E-state index contributed by atoms with van der Waals surface area (Å²) in [6, 6.07) is 1.79. The second kappa shape index (κ2) is 4.80. The van der Waals surface area contributed by atoms with Crippen LogP contribution >= 0.6 is 11.3 Å². The van der Waals surface area contributed by atoms with Gasteiger partial charge in [-0.3, -0.25) is 0 Å². The number of aryl methyl sites for hydroxylation is 2. The molecule has 0 saturated carbocycles. The van der Waals surface area contributed by atoms with Crippen molar-refractivity contribution in [1.29, 1.82) is 0 Å². The van der Waals surface area contributed by atoms with E-state index in [-0.39, 0.29) is 0 Å². The minimum Gasteiger partial charge on any atom is -0.545 e. The van der Waals surface area contributed by atoms with Gasteiger partial charge in [0, 0.05) is 16.7 Å². The normalized spacial score (nSPS) is 9.62. The van der Waals surface area contributed by atoms with E-state index in [9.17, 15) is 19.8 Å². The summed E-state index contributed by atoms with van der Waals surface area (Å²) in [5.74, 6) is -3.56. The number of carboxylic acids is 2. The lowest BCUT2D eigenvalue weighted by Gasteiger charge is -2.09. The molecule has 0 aromatic carbocycles. The van der Waals surface area contributed by atoms with Crippen LogP contribution in [0.5, 0.6) is 0 Å². The van der Waals surface area contributed by atoms with E-state index in [0.717, 1.165) is 16.6 Å². The van der Waals surface area contributed by atoms with E-state index in [1.807, 2.05) is 13.8 Å². The fourth-order valence-electron chi connectivity index (χ4n) is 0.989. The molecule has 0 saturated heterocycles. The van der Waals surface area contributed by atoms with Crippen LogP contribution in [0.15, 0.2) is 17.8 Å². The molecule has 6 heteroatoms. The van der Waals surface area contributed by atoms with Gasteiger partial charge in [-0.15, -0.1) is 11.3 Å². The highest BCUT2D eigenvalue weighted by atomic mass is 32.1. The van der Waals surface area contributed by atoms with E-state index in [1.54, 1.807) is 6.07 Å². The van der Waals surface area contributed by atoms with Crippen molar-refractivity contribution in [2.45, 2.75) is 13.8 Å². The van der Waals surface area contributed by atoms with Crippen molar-refractivity contribution < 1.29 is 19.8 Å². The van der Waals surface area contributed by atoms with Gasteiger partial charge in [0.2, 0.25) is 0 Å². The van der Waals surface area contributed by atoms with Crippen LogP contribution in [0, 0.1) is 13.8 Å². The summed E-state index contributed by atoms with van der Waals surface area (Å²) in [6.45, 7) is 3.81. The molecule has 1 rings (SSSR count). The van der Waals surface area contributed by atoms with E-state index in [1.165, 1.54) is 11.3 Å². The Morgan fingerprint density at radius 3 is 2.25 bits per heavy atom. The predicted octanol–water partition coefficient (Wildman–Crippen LogP) is -0.839. The molecular weight excluding hydrogens is 230 g/mol. The Bertz CT molecular complexity index is 426. The van der Waals surface area contributed by atoms with Gasteiger partial charge in [0.1, 0.15) is 0 Å². The third kappa shape index (κ3) is 2.83. The van der Waals surface area contributed by atoms with E-state index in [2.05, 4.69) is 5.32 Å². The Balaban J connectivity index is 2.85. The van der Waals surface area contributed by atoms with Gasteiger partial charge in [-0.2, -0.15) is 0 Å². The number of hydrogen-bond donors (Lipinski definition) is 1. The molecule has 0 fully saturated rings. The van der Waals surface area contributed by atoms with Gasteiger partial charge < -0.3 is 25.1 Å². The summed E-state index contributed by atoms with van der Waals surface area (Å²) in [5.41, 5.74) is 0.132. The van der Waals surface area contributed by atoms with Gasteiger partial charge in [0.05, 0.1) is 16.9 Å². The SMILES string of the molecule is Cc1cc(NC=C(C(=O)[O-])C(=O)[O-])sc1C. The lowest BCUT2D eigenvalue weighted by atomic mass is 10.3. The molecule has 0 spiro atoms. The van der Waals surface area contributed by atoms with Gasteiger partial charge in [0.25, 0.3) is 0 Å². The first kappa shape index (κ1) is 12.3. The third-order valence-electron chi connectivity index (χ3n) is 1.96. The molecular formula is C10H9NO4S-2. The van der Waals surface area contributed by atoms with Crippen molar-refractivity contribution in [3.05, 3.63) is 28.3 Å². The molecule has 86 valence electrons. The molecule has 0 aliphatic heterocycles. The zero-order valence-corrected chi connectivity index (χ0v) is 9.51. The number of nitrogens with one attached hydrogen (secondary N) is 1. The standard InChI is InChI=1S/C10H11NO4S/c1-5-3-8(16-6(5)2)11-4-7(9(12)13)10(14)15/h3-4,11H,1-2H3,(H,12,13)(H,14,15)/p-2. The van der Waals surface area contributed by atoms with Gasteiger partial charge in [-0.05, 0) is 25.5 Å². The summed E-state index contributed by atoms with van der Waals surface area (Å²) in [5, 5.41) is 24.0. The monoisotopic (exact) mass is 239 g/mol. The maximum absolute atomic E-state index is 10.4. The molecule has 0 radical (unpaired) electrons. The second-order valence-electron chi connectivity index (χ2n) is 3.13. The van der Waals surface area contributed by atoms with Crippen molar-refractivity contribution >= 4 is 28.3 Å². The lowest BCUT2D eigenvalue weighted by molar-refractivity contribution is -0.312. The number of carboxylic acid groups (broad SMARTS) is 2. The Hall–Kier alpha value is -1.82. The molecule has 5 nitrogen and oxygen atoms in total. The Morgan fingerprint density at radius 2 is 1.88 bits per heavy atom. The maximum atomic E-state index is 10.4. The third-order valence-corrected chi connectivity index (χ3v) is 3.05. The summed E-state index contributed by atoms with van der Waals surface area (Å²) in [6.07, 6.45) is 0.857. The Kier molecular flexibility index (Phi) is 3.68. The highest BCUT2D eigenvalue weighted by Crippen LogP contribution is 2.25. The van der Waals surface area contributed by atoms with Crippen molar-refractivity contribution in [2.75, 3.05) is 5.32 Å². The fraction of sp³-hybridized carbons (Fsp3) is 0.200. The summed E-state index contributed by atoms with van der Waals surface area (Å²) in [4.78, 5) is 21.9. The van der Waals surface area contributed by atoms with Crippen LogP contribution in [0.25, 0.3) is 0 Å². The van der Waals surface area contributed by atoms with Crippen LogP contribution in [0.1, 0.15) is 10.4 Å². The number of rotatable bonds is 4. The topological polar surface area (TPSA) is 92.3 Å². The first-order chi connectivity index (χ1) is 7.41. The molecule has 1 aromatic heterocycles. The minimum atomic E-state index is -1.78. The van der Waals surface area contributed by atoms with Crippen LogP contribution in [0.4, 0.5) is 5.00 Å². The first-order valence-corrected chi connectivity index (χ1v) is 5.20. The number of hydrogen-bond acceptors (Lipinski definition) is 6. The molecule has 1 aromatic rings. The van der Waals surface area contributed by atoms with Gasteiger partial charge in [-0.1, -0.05) is 0 Å². The summed E-state index contributed by atoms with van der Waals surface area (Å²) >= 11 is 1.40. The fourth-order valence-corrected chi connectivity index (χ4v) is 1.89. The average Bonchev–Trinajstić information content (AvgIpc) is 2.45. The highest BCUT2D eigenvalue weighted by Gasteiger charge is 2.02. The van der Waals surface area contributed by atoms with Crippen molar-refractivity contribution in [2.24, 2.45) is 0 Å². The number of carbonyl (C=O) groups is 2. The van der Waals surface area contributed by atoms with E-state index < -0.39 is 17.5 Å². The number of anilines is 1. The maximum Gasteiger partial charge on any atom is 0.0927 e. The number of aliphatic carboxylic acids is 2. The van der Waals surface area contributed by atoms with E-state index in [4.69, 9.17) is 0 Å². The number of thiophene rings is 1. The van der Waals surface area contributed by atoms with Crippen LogP contribution < -0.4 is 15.5 Å². The zero-order chi connectivity index (χ0) is 12.3. The first-order valence-electron chi connectivity index (χ1n) is 4.38. The van der Waals surface area contributed by atoms with Gasteiger partial charge >= 0.3 is 0 Å². The van der Waals surface area contributed by atoms with Crippen molar-refractivity contribution in [3.8, 4) is 0 Å². The van der Waals surface area contributed by atoms with Crippen LogP contribution in [0.2, 0.25) is 0 Å². The predicted molar refractivity (Wildman–Crippen MR) is 55.5 cm³/mol. The van der Waals surface area contributed by atoms with E-state index in [0.29, 0.717) is 5.00 Å². The Labute approximate surface area is 96.0 Å². The average molecular weight is 239 g/mol. The molecule has 0 aliphatic rings. The van der Waals surface area contributed by atoms with Crippen LogP contribution in [-0.4, -0.2) is 11.9 Å². The molecule has 0 unspecified atom stereocenters. The smallest absolute Gasteiger partial charge is 0.0927 e. The summed E-state index contributed by atoms with van der Waals surface area (Å²) in [7, 11) is 0. The molecule has 1 heterocycles. The molecule has 0 amide bonds. The zero-order valence-electron chi connectivity index (χ0n) is 8.70. The molecule has 1 N–H and O–H groups in total. The van der Waals surface area contributed by atoms with Crippen LogP contribution in [-0.2, 0) is 9.59 Å². The van der Waals surface area contributed by atoms with Gasteiger partial charge in [-0.25, -0.2) is 0 Å². The minimum absolute atomic E-state index is 0.662. The largest absolute Gasteiger partial charge is 0.545 e. The molecule has 0 aliphatic carbocycles. The lowest BCUT2D eigenvalue weighted by Crippen LogP contribution is -2.36. The van der Waals surface area contributed by atoms with Crippen LogP contribution in [0.3, 0.4) is 0 Å². The highest BCUT2D eigenvalue weighted by molar-refractivity contribution is 7.16. The molecule has 16 heavy (non-hydrogen) atoms. The number of carbonyl (C=O) groups excluding carboxylic acids is 2. The van der Waals surface area contributed by atoms with Crippen molar-refractivity contribution in [1.82, 2.24) is 0 Å². The Morgan fingerprint density at radius 1 is 1.31 bits per heavy atom. The van der Waals surface area contributed by atoms with Gasteiger partial charge in [0.15, 0.2) is 0 Å². The quantitative estimate of drug-likeness (QED) is 0.420. The summed E-state index contributed by atoms with van der Waals surface area (Å²) < 4.78 is 0.